The summed E-state index contributed by atoms with van der Waals surface area (Å²) in [4.78, 5) is 0. The van der Waals surface area contributed by atoms with E-state index >= 15 is 0 Å². The van der Waals surface area contributed by atoms with Gasteiger partial charge in [0.1, 0.15) is 5.84 Å². The number of nitrogens with one attached hydrogen (secondary N) is 1. The molecule has 0 aliphatic carbocycles. The largest absolute Gasteiger partial charge is 0.384 e. The van der Waals surface area contributed by atoms with Crippen molar-refractivity contribution in [1.29, 1.82) is 5.41 Å². The van der Waals surface area contributed by atoms with Crippen molar-refractivity contribution in [3.8, 4) is 0 Å². The molecule has 17 heavy (non-hydrogen) atoms. The van der Waals surface area contributed by atoms with Crippen LogP contribution in [-0.2, 0) is 0 Å². The molecule has 0 aromatic heterocycles. The van der Waals surface area contributed by atoms with Gasteiger partial charge in [-0.2, -0.15) is 0 Å². The second kappa shape index (κ2) is 6.62. The molecule has 3 N–H and O–H groups in total. The number of unbranched alkanes of at least 4 members (excludes halogenated alkanes) is 1. The van der Waals surface area contributed by atoms with Crippen LogP contribution < -0.4 is 5.73 Å². The van der Waals surface area contributed by atoms with Gasteiger partial charge in [-0.05, 0) is 30.7 Å². The van der Waals surface area contributed by atoms with E-state index in [1.165, 1.54) is 0 Å². The highest BCUT2D eigenvalue weighted by Crippen LogP contribution is 2.13. The fraction of sp³-hybridized carbons (Fsp3) is 0.417. The van der Waals surface area contributed by atoms with Crippen molar-refractivity contribution < 1.29 is 0 Å². The Hall–Kier alpha value is -1.91. The Morgan fingerprint density at radius 3 is 2.53 bits per heavy atom. The third kappa shape index (κ3) is 4.63. The first-order valence-corrected chi connectivity index (χ1v) is 5.70. The smallest absolute Gasteiger partial charge is 0.122 e. The normalized spacial score (nSPS) is 10.7. The Bertz CT molecular complexity index is 382. The first kappa shape index (κ1) is 13.2. The molecule has 1 rings (SSSR count). The number of hydrogen-bond acceptors (Lipinski definition) is 3. The molecule has 5 nitrogen and oxygen atoms in total. The minimum Gasteiger partial charge on any atom is -0.384 e. The summed E-state index contributed by atoms with van der Waals surface area (Å²) < 4.78 is 0. The fourth-order valence-corrected chi connectivity index (χ4v) is 1.27. The molecular weight excluding hydrogens is 214 g/mol. The molecule has 0 heterocycles. The van der Waals surface area contributed by atoms with Crippen LogP contribution in [0.3, 0.4) is 0 Å². The van der Waals surface area contributed by atoms with Gasteiger partial charge in [0, 0.05) is 19.2 Å². The van der Waals surface area contributed by atoms with Gasteiger partial charge in [-0.25, -0.2) is 0 Å². The Balaban J connectivity index is 2.56. The predicted octanol–water partition coefficient (Wildman–Crippen LogP) is 2.70. The van der Waals surface area contributed by atoms with E-state index in [1.54, 1.807) is 24.3 Å². The fourth-order valence-electron chi connectivity index (χ4n) is 1.27. The third-order valence-electron chi connectivity index (χ3n) is 2.33. The van der Waals surface area contributed by atoms with Crippen LogP contribution in [0.2, 0.25) is 0 Å². The maximum Gasteiger partial charge on any atom is 0.122 e. The molecule has 0 aliphatic rings. The van der Waals surface area contributed by atoms with Gasteiger partial charge in [0.05, 0.1) is 5.69 Å². The molecule has 92 valence electrons. The summed E-state index contributed by atoms with van der Waals surface area (Å²) in [5.74, 6) is 0.0635. The Kier molecular flexibility index (Phi) is 5.13. The molecule has 0 bridgehead atoms. The van der Waals surface area contributed by atoms with Crippen LogP contribution in [0.1, 0.15) is 25.3 Å². The molecule has 0 unspecified atom stereocenters. The molecule has 0 saturated carbocycles. The third-order valence-corrected chi connectivity index (χ3v) is 2.33. The molecule has 0 spiro atoms. The van der Waals surface area contributed by atoms with Crippen molar-refractivity contribution >= 4 is 11.5 Å². The maximum absolute atomic E-state index is 7.27. The summed E-state index contributed by atoms with van der Waals surface area (Å²) in [6.45, 7) is 3.05. The lowest BCUT2D eigenvalue weighted by molar-refractivity contribution is 0.325. The van der Waals surface area contributed by atoms with Gasteiger partial charge in [-0.1, -0.05) is 18.6 Å². The van der Waals surface area contributed by atoms with Crippen molar-refractivity contribution in [2.45, 2.75) is 19.8 Å². The number of rotatable bonds is 6. The molecule has 0 radical (unpaired) electrons. The van der Waals surface area contributed by atoms with Gasteiger partial charge in [0.2, 0.25) is 0 Å². The SMILES string of the molecule is CCCCN(C)N=Nc1ccc(C(=N)N)cc1. The highest BCUT2D eigenvalue weighted by atomic mass is 15.5. The summed E-state index contributed by atoms with van der Waals surface area (Å²) in [5, 5.41) is 17.3. The van der Waals surface area contributed by atoms with Crippen LogP contribution >= 0.6 is 0 Å². The molecule has 1 aromatic rings. The van der Waals surface area contributed by atoms with Crippen molar-refractivity contribution in [3.05, 3.63) is 29.8 Å². The summed E-state index contributed by atoms with van der Waals surface area (Å²) in [6.07, 6.45) is 2.26. The monoisotopic (exact) mass is 233 g/mol. The number of nitrogen functional groups attached to an aromatic ring is 1. The van der Waals surface area contributed by atoms with Crippen LogP contribution in [-0.4, -0.2) is 24.4 Å². The molecule has 0 aliphatic heterocycles. The van der Waals surface area contributed by atoms with Crippen molar-refractivity contribution in [3.63, 3.8) is 0 Å². The average Bonchev–Trinajstić information content (AvgIpc) is 2.34. The lowest BCUT2D eigenvalue weighted by atomic mass is 10.2. The maximum atomic E-state index is 7.27. The lowest BCUT2D eigenvalue weighted by Crippen LogP contribution is -2.11. The van der Waals surface area contributed by atoms with E-state index in [-0.39, 0.29) is 5.84 Å². The molecule has 1 aromatic carbocycles. The molecule has 0 atom stereocenters. The number of nitrogens with zero attached hydrogens (tertiary/aromatic N) is 3. The van der Waals surface area contributed by atoms with Gasteiger partial charge in [-0.15, -0.1) is 5.11 Å². The van der Waals surface area contributed by atoms with Gasteiger partial charge in [0.15, 0.2) is 0 Å². The van der Waals surface area contributed by atoms with Crippen LogP contribution in [0.25, 0.3) is 0 Å². The minimum absolute atomic E-state index is 0.0635. The summed E-state index contributed by atoms with van der Waals surface area (Å²) in [5.41, 5.74) is 6.82. The predicted molar refractivity (Wildman–Crippen MR) is 69.5 cm³/mol. The van der Waals surface area contributed by atoms with E-state index in [2.05, 4.69) is 17.3 Å². The van der Waals surface area contributed by atoms with Gasteiger partial charge in [0.25, 0.3) is 0 Å². The zero-order valence-electron chi connectivity index (χ0n) is 10.3. The van der Waals surface area contributed by atoms with Crippen LogP contribution in [0.5, 0.6) is 0 Å². The Labute approximate surface area is 102 Å². The quantitative estimate of drug-likeness (QED) is 0.343. The van der Waals surface area contributed by atoms with E-state index in [4.69, 9.17) is 11.1 Å². The zero-order valence-corrected chi connectivity index (χ0v) is 10.3. The van der Waals surface area contributed by atoms with Crippen molar-refractivity contribution in [2.24, 2.45) is 16.1 Å². The van der Waals surface area contributed by atoms with Crippen LogP contribution in [0.4, 0.5) is 5.69 Å². The minimum atomic E-state index is 0.0635. The second-order valence-electron chi connectivity index (χ2n) is 3.88. The van der Waals surface area contributed by atoms with E-state index in [0.29, 0.717) is 5.56 Å². The number of amidine groups is 1. The highest BCUT2D eigenvalue weighted by Gasteiger charge is 1.96. The van der Waals surface area contributed by atoms with Crippen molar-refractivity contribution in [2.75, 3.05) is 13.6 Å². The molecule has 5 heteroatoms. The lowest BCUT2D eigenvalue weighted by Gasteiger charge is -2.09. The first-order chi connectivity index (χ1) is 8.13. The van der Waals surface area contributed by atoms with Gasteiger partial charge in [-0.3, -0.25) is 10.4 Å². The summed E-state index contributed by atoms with van der Waals surface area (Å²) >= 11 is 0. The summed E-state index contributed by atoms with van der Waals surface area (Å²) in [7, 11) is 1.91. The van der Waals surface area contributed by atoms with E-state index in [1.807, 2.05) is 12.1 Å². The molecular formula is C12H19N5. The highest BCUT2D eigenvalue weighted by molar-refractivity contribution is 5.95. The topological polar surface area (TPSA) is 77.8 Å². The van der Waals surface area contributed by atoms with Gasteiger partial charge < -0.3 is 5.73 Å². The molecule has 0 saturated heterocycles. The van der Waals surface area contributed by atoms with Crippen LogP contribution in [0, 0.1) is 5.41 Å². The Morgan fingerprint density at radius 1 is 1.35 bits per heavy atom. The standard InChI is InChI=1S/C12H19N5/c1-3-4-9-17(2)16-15-11-7-5-10(6-8-11)12(13)14/h5-8H,3-4,9H2,1-2H3,(H3,13,14). The van der Waals surface area contributed by atoms with Crippen LogP contribution in [0.15, 0.2) is 34.6 Å². The van der Waals surface area contributed by atoms with Gasteiger partial charge >= 0.3 is 0 Å². The Morgan fingerprint density at radius 2 is 2.00 bits per heavy atom. The first-order valence-electron chi connectivity index (χ1n) is 5.70. The van der Waals surface area contributed by atoms with E-state index < -0.39 is 0 Å². The van der Waals surface area contributed by atoms with E-state index in [0.717, 1.165) is 25.1 Å². The number of nitrogens with two attached hydrogens (primary N) is 1. The average molecular weight is 233 g/mol. The second-order valence-corrected chi connectivity index (χ2v) is 3.88. The number of hydrogen-bond donors (Lipinski definition) is 2. The zero-order chi connectivity index (χ0) is 12.7. The number of benzene rings is 1. The van der Waals surface area contributed by atoms with E-state index in [9.17, 15) is 0 Å². The molecule has 0 amide bonds. The summed E-state index contributed by atoms with van der Waals surface area (Å²) in [6, 6.07) is 7.13. The molecule has 0 fully saturated rings. The van der Waals surface area contributed by atoms with Crippen molar-refractivity contribution in [1.82, 2.24) is 5.01 Å².